The van der Waals surface area contributed by atoms with Crippen molar-refractivity contribution in [2.24, 2.45) is 0 Å². The Balaban J connectivity index is 2.51. The van der Waals surface area contributed by atoms with E-state index in [1.807, 2.05) is 26.0 Å². The van der Waals surface area contributed by atoms with Gasteiger partial charge in [-0.15, -0.1) is 0 Å². The number of carbonyl (C=O) groups excluding carboxylic acids is 1. The highest BCUT2D eigenvalue weighted by Crippen LogP contribution is 2.17. The third kappa shape index (κ3) is 4.24. The van der Waals surface area contributed by atoms with Gasteiger partial charge in [0.1, 0.15) is 13.2 Å². The van der Waals surface area contributed by atoms with Crippen LogP contribution in [0.1, 0.15) is 11.1 Å². The smallest absolute Gasteiger partial charge is 0.329 e. The predicted molar refractivity (Wildman–Crippen MR) is 63.0 cm³/mol. The van der Waals surface area contributed by atoms with E-state index in [0.29, 0.717) is 5.69 Å². The van der Waals surface area contributed by atoms with E-state index >= 15 is 0 Å². The van der Waals surface area contributed by atoms with Crippen molar-refractivity contribution in [2.75, 3.05) is 18.5 Å². The van der Waals surface area contributed by atoms with Gasteiger partial charge in [-0.1, -0.05) is 12.1 Å². The zero-order valence-electron chi connectivity index (χ0n) is 9.82. The van der Waals surface area contributed by atoms with Gasteiger partial charge in [0.2, 0.25) is 5.91 Å². The number of carboxylic acids is 1. The van der Waals surface area contributed by atoms with E-state index in [1.54, 1.807) is 6.07 Å². The van der Waals surface area contributed by atoms with E-state index in [-0.39, 0.29) is 12.5 Å². The number of benzene rings is 1. The number of aliphatic carboxylic acids is 1. The van der Waals surface area contributed by atoms with Gasteiger partial charge < -0.3 is 15.2 Å². The fourth-order valence-corrected chi connectivity index (χ4v) is 1.30. The Morgan fingerprint density at radius 1 is 1.29 bits per heavy atom. The number of ether oxygens (including phenoxy) is 1. The number of aryl methyl sites for hydroxylation is 1. The van der Waals surface area contributed by atoms with Crippen LogP contribution in [0, 0.1) is 13.8 Å². The second kappa shape index (κ2) is 6.00. The van der Waals surface area contributed by atoms with Crippen molar-refractivity contribution in [1.29, 1.82) is 0 Å². The monoisotopic (exact) mass is 237 g/mol. The number of rotatable bonds is 5. The maximum absolute atomic E-state index is 11.4. The highest BCUT2D eigenvalue weighted by atomic mass is 16.5. The van der Waals surface area contributed by atoms with Crippen molar-refractivity contribution in [3.05, 3.63) is 29.3 Å². The van der Waals surface area contributed by atoms with Gasteiger partial charge in [-0.2, -0.15) is 0 Å². The lowest BCUT2D eigenvalue weighted by atomic mass is 10.1. The number of anilines is 1. The third-order valence-electron chi connectivity index (χ3n) is 2.34. The molecule has 92 valence electrons. The summed E-state index contributed by atoms with van der Waals surface area (Å²) in [6.45, 7) is 3.12. The quantitative estimate of drug-likeness (QED) is 0.810. The molecule has 0 unspecified atom stereocenters. The average molecular weight is 237 g/mol. The van der Waals surface area contributed by atoms with Gasteiger partial charge >= 0.3 is 5.97 Å². The molecular weight excluding hydrogens is 222 g/mol. The molecule has 17 heavy (non-hydrogen) atoms. The van der Waals surface area contributed by atoms with Crippen LogP contribution in [0.4, 0.5) is 5.69 Å². The highest BCUT2D eigenvalue weighted by Gasteiger charge is 2.06. The molecule has 0 saturated carbocycles. The summed E-state index contributed by atoms with van der Waals surface area (Å²) in [6.07, 6.45) is 0. The highest BCUT2D eigenvalue weighted by molar-refractivity contribution is 5.92. The summed E-state index contributed by atoms with van der Waals surface area (Å²) >= 11 is 0. The number of nitrogens with one attached hydrogen (secondary N) is 1. The average Bonchev–Trinajstić information content (AvgIpc) is 2.24. The van der Waals surface area contributed by atoms with Crippen molar-refractivity contribution in [1.82, 2.24) is 0 Å². The van der Waals surface area contributed by atoms with Crippen LogP contribution in [0.25, 0.3) is 0 Å². The van der Waals surface area contributed by atoms with Crippen molar-refractivity contribution >= 4 is 17.6 Å². The number of amides is 1. The van der Waals surface area contributed by atoms with Gasteiger partial charge in [0.15, 0.2) is 0 Å². The summed E-state index contributed by atoms with van der Waals surface area (Å²) in [7, 11) is 0. The predicted octanol–water partition coefficient (Wildman–Crippen LogP) is 1.34. The molecule has 0 saturated heterocycles. The van der Waals surface area contributed by atoms with Crippen molar-refractivity contribution < 1.29 is 19.4 Å². The van der Waals surface area contributed by atoms with Gasteiger partial charge in [-0.25, -0.2) is 4.79 Å². The van der Waals surface area contributed by atoms with Gasteiger partial charge in [0, 0.05) is 5.69 Å². The fraction of sp³-hybridized carbons (Fsp3) is 0.333. The lowest BCUT2D eigenvalue weighted by Crippen LogP contribution is -2.21. The first-order valence-electron chi connectivity index (χ1n) is 5.16. The van der Waals surface area contributed by atoms with E-state index in [1.165, 1.54) is 0 Å². The summed E-state index contributed by atoms with van der Waals surface area (Å²) in [6, 6.07) is 5.58. The molecule has 1 rings (SSSR count). The first-order chi connectivity index (χ1) is 8.00. The third-order valence-corrected chi connectivity index (χ3v) is 2.34. The van der Waals surface area contributed by atoms with Gasteiger partial charge in [0.05, 0.1) is 0 Å². The van der Waals surface area contributed by atoms with Crippen molar-refractivity contribution in [3.63, 3.8) is 0 Å². The summed E-state index contributed by atoms with van der Waals surface area (Å²) < 4.78 is 4.69. The van der Waals surface area contributed by atoms with Gasteiger partial charge in [-0.3, -0.25) is 4.79 Å². The molecule has 0 aliphatic rings. The molecule has 0 bridgehead atoms. The maximum atomic E-state index is 11.4. The van der Waals surface area contributed by atoms with E-state index in [0.717, 1.165) is 11.1 Å². The largest absolute Gasteiger partial charge is 0.480 e. The number of hydrogen-bond donors (Lipinski definition) is 2. The Morgan fingerprint density at radius 2 is 2.00 bits per heavy atom. The molecule has 0 fully saturated rings. The first kappa shape index (κ1) is 13.2. The zero-order valence-corrected chi connectivity index (χ0v) is 9.82. The minimum Gasteiger partial charge on any atom is -0.480 e. The van der Waals surface area contributed by atoms with Crippen LogP contribution in [0.3, 0.4) is 0 Å². The van der Waals surface area contributed by atoms with Crippen LogP contribution in [-0.4, -0.2) is 30.2 Å². The molecule has 1 aromatic carbocycles. The summed E-state index contributed by atoms with van der Waals surface area (Å²) in [4.78, 5) is 21.6. The Kier molecular flexibility index (Phi) is 4.66. The second-order valence-corrected chi connectivity index (χ2v) is 3.68. The number of hydrogen-bond acceptors (Lipinski definition) is 3. The Bertz CT molecular complexity index is 429. The Morgan fingerprint density at radius 3 is 2.65 bits per heavy atom. The Hall–Kier alpha value is -1.88. The molecule has 1 amide bonds. The molecule has 0 heterocycles. The van der Waals surface area contributed by atoms with E-state index in [4.69, 9.17) is 5.11 Å². The molecule has 2 N–H and O–H groups in total. The zero-order chi connectivity index (χ0) is 12.8. The molecular formula is C12H15NO4. The van der Waals surface area contributed by atoms with E-state index in [2.05, 4.69) is 10.1 Å². The normalized spacial score (nSPS) is 10.0. The topological polar surface area (TPSA) is 75.6 Å². The molecule has 0 aliphatic heterocycles. The lowest BCUT2D eigenvalue weighted by molar-refractivity contribution is -0.143. The number of carbonyl (C=O) groups is 2. The molecule has 5 heteroatoms. The molecule has 1 aromatic rings. The SMILES string of the molecule is Cc1cccc(NC(=O)COCC(=O)O)c1C. The van der Waals surface area contributed by atoms with Crippen LogP contribution in [0.2, 0.25) is 0 Å². The summed E-state index contributed by atoms with van der Waals surface area (Å²) in [5.41, 5.74) is 2.78. The number of carboxylic acid groups (broad SMARTS) is 1. The van der Waals surface area contributed by atoms with Crippen LogP contribution in [0.5, 0.6) is 0 Å². The fourth-order valence-electron chi connectivity index (χ4n) is 1.30. The lowest BCUT2D eigenvalue weighted by Gasteiger charge is -2.10. The van der Waals surface area contributed by atoms with Crippen molar-refractivity contribution in [2.45, 2.75) is 13.8 Å². The van der Waals surface area contributed by atoms with Crippen LogP contribution in [0.15, 0.2) is 18.2 Å². The molecule has 0 aromatic heterocycles. The molecule has 0 aliphatic carbocycles. The Labute approximate surface area is 99.4 Å². The standard InChI is InChI=1S/C12H15NO4/c1-8-4-3-5-10(9(8)2)13-11(14)6-17-7-12(15)16/h3-5H,6-7H2,1-2H3,(H,13,14)(H,15,16). The van der Waals surface area contributed by atoms with Crippen LogP contribution >= 0.6 is 0 Å². The van der Waals surface area contributed by atoms with E-state index < -0.39 is 12.6 Å². The van der Waals surface area contributed by atoms with Gasteiger partial charge in [0.25, 0.3) is 0 Å². The van der Waals surface area contributed by atoms with E-state index in [9.17, 15) is 9.59 Å². The second-order valence-electron chi connectivity index (χ2n) is 3.68. The summed E-state index contributed by atoms with van der Waals surface area (Å²) in [5, 5.41) is 11.0. The molecule has 5 nitrogen and oxygen atoms in total. The van der Waals surface area contributed by atoms with Gasteiger partial charge in [-0.05, 0) is 31.0 Å². The molecule has 0 spiro atoms. The molecule has 0 atom stereocenters. The van der Waals surface area contributed by atoms with Crippen LogP contribution < -0.4 is 5.32 Å². The van der Waals surface area contributed by atoms with Crippen LogP contribution in [-0.2, 0) is 14.3 Å². The summed E-state index contributed by atoms with van der Waals surface area (Å²) in [5.74, 6) is -1.45. The first-order valence-corrected chi connectivity index (χ1v) is 5.16. The maximum Gasteiger partial charge on any atom is 0.329 e. The van der Waals surface area contributed by atoms with Crippen molar-refractivity contribution in [3.8, 4) is 0 Å². The minimum atomic E-state index is -1.09. The molecule has 0 radical (unpaired) electrons. The minimum absolute atomic E-state index is 0.264.